The highest BCUT2D eigenvalue weighted by Gasteiger charge is 2.13. The quantitative estimate of drug-likeness (QED) is 0.840. The molecule has 1 aromatic carbocycles. The molecule has 0 fully saturated rings. The molecule has 0 radical (unpaired) electrons. The third-order valence-electron chi connectivity index (χ3n) is 2.66. The first-order valence-corrected chi connectivity index (χ1v) is 6.13. The molecule has 2 nitrogen and oxygen atoms in total. The lowest BCUT2D eigenvalue weighted by Crippen LogP contribution is -1.95. The number of benzene rings is 1. The highest BCUT2D eigenvalue weighted by molar-refractivity contribution is 7.22. The predicted molar refractivity (Wildman–Crippen MR) is 67.5 cm³/mol. The van der Waals surface area contributed by atoms with Crippen LogP contribution < -0.4 is 5.73 Å². The number of nitrogens with zero attached hydrogens (tertiary/aromatic N) is 1. The van der Waals surface area contributed by atoms with Crippen LogP contribution in [0.4, 0.5) is 5.13 Å². The maximum Gasteiger partial charge on any atom is 0.181 e. The summed E-state index contributed by atoms with van der Waals surface area (Å²) in [4.78, 5) is 4.33. The standard InChI is InChI=1S/C12H16N2S/c1-4-8-5-6-9-11(10(8)7(2)3)15-12(13)14-9/h5-7H,4H2,1-3H3,(H2,13,14). The Morgan fingerprint density at radius 1 is 1.40 bits per heavy atom. The van der Waals surface area contributed by atoms with Crippen molar-refractivity contribution < 1.29 is 0 Å². The molecule has 0 aliphatic heterocycles. The molecule has 1 aromatic heterocycles. The van der Waals surface area contributed by atoms with Gasteiger partial charge in [0.1, 0.15) is 0 Å². The van der Waals surface area contributed by atoms with Crippen LogP contribution in [0.2, 0.25) is 0 Å². The number of fused-ring (bicyclic) bond motifs is 1. The number of aromatic nitrogens is 1. The molecule has 2 aromatic rings. The summed E-state index contributed by atoms with van der Waals surface area (Å²) < 4.78 is 1.27. The molecular formula is C12H16N2S. The molecule has 0 amide bonds. The van der Waals surface area contributed by atoms with Gasteiger partial charge in [-0.05, 0) is 29.5 Å². The summed E-state index contributed by atoms with van der Waals surface area (Å²) in [7, 11) is 0. The lowest BCUT2D eigenvalue weighted by Gasteiger charge is -2.11. The molecule has 2 N–H and O–H groups in total. The number of hydrogen-bond donors (Lipinski definition) is 1. The summed E-state index contributed by atoms with van der Waals surface area (Å²) >= 11 is 1.60. The van der Waals surface area contributed by atoms with Gasteiger partial charge < -0.3 is 5.73 Å². The second kappa shape index (κ2) is 3.81. The van der Waals surface area contributed by atoms with Gasteiger partial charge in [0, 0.05) is 0 Å². The molecular weight excluding hydrogens is 204 g/mol. The maximum atomic E-state index is 5.76. The van der Waals surface area contributed by atoms with Gasteiger partial charge >= 0.3 is 0 Å². The maximum absolute atomic E-state index is 5.76. The minimum Gasteiger partial charge on any atom is -0.375 e. The SMILES string of the molecule is CCc1ccc2nc(N)sc2c1C(C)C. The molecule has 2 rings (SSSR count). The molecule has 80 valence electrons. The van der Waals surface area contributed by atoms with Gasteiger partial charge in [-0.25, -0.2) is 4.98 Å². The number of nitrogens with two attached hydrogens (primary N) is 1. The van der Waals surface area contributed by atoms with Crippen molar-refractivity contribution in [3.8, 4) is 0 Å². The lowest BCUT2D eigenvalue weighted by atomic mass is 9.95. The third kappa shape index (κ3) is 1.72. The lowest BCUT2D eigenvalue weighted by molar-refractivity contribution is 0.856. The van der Waals surface area contributed by atoms with Crippen molar-refractivity contribution >= 4 is 26.7 Å². The van der Waals surface area contributed by atoms with Gasteiger partial charge in [-0.15, -0.1) is 0 Å². The van der Waals surface area contributed by atoms with Gasteiger partial charge in [-0.1, -0.05) is 38.2 Å². The first kappa shape index (κ1) is 10.4. The fraction of sp³-hybridized carbons (Fsp3) is 0.417. The minimum atomic E-state index is 0.531. The highest BCUT2D eigenvalue weighted by Crippen LogP contribution is 2.34. The predicted octanol–water partition coefficient (Wildman–Crippen LogP) is 3.56. The number of hydrogen-bond acceptors (Lipinski definition) is 3. The van der Waals surface area contributed by atoms with Crippen molar-refractivity contribution in [2.24, 2.45) is 0 Å². The first-order valence-electron chi connectivity index (χ1n) is 5.31. The van der Waals surface area contributed by atoms with E-state index in [1.807, 2.05) is 0 Å². The van der Waals surface area contributed by atoms with Crippen LogP contribution in [0.25, 0.3) is 10.2 Å². The van der Waals surface area contributed by atoms with Crippen molar-refractivity contribution in [3.63, 3.8) is 0 Å². The zero-order valence-corrected chi connectivity index (χ0v) is 10.2. The second-order valence-corrected chi connectivity index (χ2v) is 5.08. The third-order valence-corrected chi connectivity index (χ3v) is 3.59. The van der Waals surface area contributed by atoms with Crippen LogP contribution in [0.1, 0.15) is 37.8 Å². The summed E-state index contributed by atoms with van der Waals surface area (Å²) in [6.45, 7) is 6.64. The van der Waals surface area contributed by atoms with E-state index < -0.39 is 0 Å². The number of rotatable bonds is 2. The van der Waals surface area contributed by atoms with E-state index in [4.69, 9.17) is 5.73 Å². The number of nitrogen functional groups attached to an aromatic ring is 1. The molecule has 0 aliphatic carbocycles. The zero-order chi connectivity index (χ0) is 11.0. The van der Waals surface area contributed by atoms with E-state index in [1.165, 1.54) is 15.8 Å². The van der Waals surface area contributed by atoms with E-state index in [0.717, 1.165) is 11.9 Å². The molecule has 3 heteroatoms. The first-order chi connectivity index (χ1) is 7.13. The summed E-state index contributed by atoms with van der Waals surface area (Å²) in [5.41, 5.74) is 9.64. The summed E-state index contributed by atoms with van der Waals surface area (Å²) in [5.74, 6) is 0.531. The minimum absolute atomic E-state index is 0.531. The number of aryl methyl sites for hydroxylation is 1. The number of thiazole rings is 1. The molecule has 0 aliphatic rings. The van der Waals surface area contributed by atoms with Crippen LogP contribution in [0.5, 0.6) is 0 Å². The van der Waals surface area contributed by atoms with Crippen LogP contribution in [0.15, 0.2) is 12.1 Å². The van der Waals surface area contributed by atoms with Gasteiger partial charge in [-0.3, -0.25) is 0 Å². The molecule has 0 saturated heterocycles. The Hall–Kier alpha value is -1.09. The largest absolute Gasteiger partial charge is 0.375 e. The Morgan fingerprint density at radius 2 is 2.13 bits per heavy atom. The van der Waals surface area contributed by atoms with Crippen molar-refractivity contribution in [1.82, 2.24) is 4.98 Å². The summed E-state index contributed by atoms with van der Waals surface area (Å²) in [6, 6.07) is 4.25. The van der Waals surface area contributed by atoms with Gasteiger partial charge in [0.15, 0.2) is 5.13 Å². The topological polar surface area (TPSA) is 38.9 Å². The Balaban J connectivity index is 2.78. The van der Waals surface area contributed by atoms with Crippen LogP contribution >= 0.6 is 11.3 Å². The summed E-state index contributed by atoms with van der Waals surface area (Å²) in [6.07, 6.45) is 1.07. The van der Waals surface area contributed by atoms with E-state index in [2.05, 4.69) is 37.9 Å². The average Bonchev–Trinajstić information content (AvgIpc) is 2.55. The average molecular weight is 220 g/mol. The second-order valence-electron chi connectivity index (χ2n) is 4.05. The highest BCUT2D eigenvalue weighted by atomic mass is 32.1. The fourth-order valence-corrected chi connectivity index (χ4v) is 3.06. The van der Waals surface area contributed by atoms with E-state index in [0.29, 0.717) is 11.0 Å². The molecule has 15 heavy (non-hydrogen) atoms. The fourth-order valence-electron chi connectivity index (χ4n) is 2.01. The van der Waals surface area contributed by atoms with E-state index in [-0.39, 0.29) is 0 Å². The van der Waals surface area contributed by atoms with Crippen molar-refractivity contribution in [1.29, 1.82) is 0 Å². The van der Waals surface area contributed by atoms with Crippen LogP contribution in [-0.2, 0) is 6.42 Å². The molecule has 0 atom stereocenters. The summed E-state index contributed by atoms with van der Waals surface area (Å²) in [5, 5.41) is 0.667. The van der Waals surface area contributed by atoms with Crippen LogP contribution in [0, 0.1) is 0 Å². The molecule has 0 bridgehead atoms. The van der Waals surface area contributed by atoms with Crippen LogP contribution in [0.3, 0.4) is 0 Å². The van der Waals surface area contributed by atoms with Gasteiger partial charge in [0.2, 0.25) is 0 Å². The number of anilines is 1. The monoisotopic (exact) mass is 220 g/mol. The normalized spacial score (nSPS) is 11.5. The Bertz CT molecular complexity index is 486. The Labute approximate surface area is 94.1 Å². The van der Waals surface area contributed by atoms with E-state index >= 15 is 0 Å². The molecule has 0 unspecified atom stereocenters. The zero-order valence-electron chi connectivity index (χ0n) is 9.37. The van der Waals surface area contributed by atoms with E-state index in [9.17, 15) is 0 Å². The van der Waals surface area contributed by atoms with Gasteiger partial charge in [-0.2, -0.15) is 0 Å². The van der Waals surface area contributed by atoms with Gasteiger partial charge in [0.05, 0.1) is 10.2 Å². The van der Waals surface area contributed by atoms with Crippen molar-refractivity contribution in [2.75, 3.05) is 5.73 Å². The Morgan fingerprint density at radius 3 is 2.73 bits per heavy atom. The molecule has 0 saturated carbocycles. The molecule has 1 heterocycles. The van der Waals surface area contributed by atoms with Gasteiger partial charge in [0.25, 0.3) is 0 Å². The van der Waals surface area contributed by atoms with Crippen molar-refractivity contribution in [2.45, 2.75) is 33.1 Å². The smallest absolute Gasteiger partial charge is 0.181 e. The van der Waals surface area contributed by atoms with Crippen molar-refractivity contribution in [3.05, 3.63) is 23.3 Å². The molecule has 0 spiro atoms. The Kier molecular flexibility index (Phi) is 2.65. The van der Waals surface area contributed by atoms with Crippen LogP contribution in [-0.4, -0.2) is 4.98 Å². The van der Waals surface area contributed by atoms with E-state index in [1.54, 1.807) is 11.3 Å².